The van der Waals surface area contributed by atoms with Crippen molar-refractivity contribution in [2.75, 3.05) is 13.1 Å². The van der Waals surface area contributed by atoms with Crippen LogP contribution < -0.4 is 5.32 Å². The molecular weight excluding hydrogens is 262 g/mol. The second kappa shape index (κ2) is 4.50. The van der Waals surface area contributed by atoms with E-state index < -0.39 is 0 Å². The summed E-state index contributed by atoms with van der Waals surface area (Å²) in [6, 6.07) is 4.80. The van der Waals surface area contributed by atoms with Gasteiger partial charge in [0.05, 0.1) is 0 Å². The van der Waals surface area contributed by atoms with Crippen molar-refractivity contribution in [3.8, 4) is 0 Å². The Morgan fingerprint density at radius 2 is 2.25 bits per heavy atom. The summed E-state index contributed by atoms with van der Waals surface area (Å²) in [5, 5.41) is 3.45. The summed E-state index contributed by atoms with van der Waals surface area (Å²) in [5.41, 5.74) is 4.69. The smallest absolute Gasteiger partial charge is 0.0212 e. The minimum atomic E-state index is 0.853. The van der Waals surface area contributed by atoms with Gasteiger partial charge in [-0.25, -0.2) is 0 Å². The van der Waals surface area contributed by atoms with E-state index in [2.05, 4.69) is 33.4 Å². The summed E-state index contributed by atoms with van der Waals surface area (Å²) in [4.78, 5) is 0. The fraction of sp³-hybridized carbons (Fsp3) is 0.571. The van der Waals surface area contributed by atoms with Crippen LogP contribution in [0.25, 0.3) is 0 Å². The fourth-order valence-corrected chi connectivity index (χ4v) is 3.80. The normalized spacial score (nSPS) is 23.7. The van der Waals surface area contributed by atoms with Crippen molar-refractivity contribution in [2.45, 2.75) is 32.1 Å². The van der Waals surface area contributed by atoms with Crippen LogP contribution in [0.2, 0.25) is 0 Å². The van der Waals surface area contributed by atoms with E-state index in [0.29, 0.717) is 0 Å². The van der Waals surface area contributed by atoms with E-state index in [9.17, 15) is 0 Å². The number of rotatable bonds is 2. The SMILES string of the molecule is Brc1cc(CC2CCNC2)cc2c1CCC2. The predicted molar refractivity (Wildman–Crippen MR) is 70.8 cm³/mol. The summed E-state index contributed by atoms with van der Waals surface area (Å²) in [6.07, 6.45) is 6.47. The number of nitrogens with one attached hydrogen (secondary N) is 1. The first-order valence-electron chi connectivity index (χ1n) is 6.34. The summed E-state index contributed by atoms with van der Waals surface area (Å²) in [5.74, 6) is 0.853. The summed E-state index contributed by atoms with van der Waals surface area (Å²) >= 11 is 3.73. The second-order valence-corrected chi connectivity index (χ2v) is 5.99. The van der Waals surface area contributed by atoms with Gasteiger partial charge in [-0.05, 0) is 73.9 Å². The largest absolute Gasteiger partial charge is 0.316 e. The minimum absolute atomic E-state index is 0.853. The molecule has 1 saturated heterocycles. The lowest BCUT2D eigenvalue weighted by atomic mass is 9.96. The molecule has 3 rings (SSSR count). The molecule has 0 amide bonds. The first-order valence-corrected chi connectivity index (χ1v) is 7.13. The first kappa shape index (κ1) is 10.8. The van der Waals surface area contributed by atoms with E-state index in [1.807, 2.05) is 0 Å². The number of hydrogen-bond donors (Lipinski definition) is 1. The topological polar surface area (TPSA) is 12.0 Å². The van der Waals surface area contributed by atoms with E-state index in [1.165, 1.54) is 55.2 Å². The molecule has 0 radical (unpaired) electrons. The third kappa shape index (κ3) is 2.05. The van der Waals surface area contributed by atoms with Crippen LogP contribution in [0.1, 0.15) is 29.5 Å². The fourth-order valence-electron chi connectivity index (χ4n) is 3.05. The van der Waals surface area contributed by atoms with Crippen LogP contribution in [-0.4, -0.2) is 13.1 Å². The molecule has 1 N–H and O–H groups in total. The minimum Gasteiger partial charge on any atom is -0.316 e. The molecule has 0 saturated carbocycles. The van der Waals surface area contributed by atoms with Crippen LogP contribution in [0.3, 0.4) is 0 Å². The molecule has 0 bridgehead atoms. The van der Waals surface area contributed by atoms with Gasteiger partial charge in [0.25, 0.3) is 0 Å². The van der Waals surface area contributed by atoms with E-state index in [1.54, 1.807) is 11.1 Å². The Bertz CT molecular complexity index is 394. The highest BCUT2D eigenvalue weighted by atomic mass is 79.9. The van der Waals surface area contributed by atoms with Gasteiger partial charge in [0.2, 0.25) is 0 Å². The molecule has 0 spiro atoms. The third-order valence-electron chi connectivity index (χ3n) is 3.91. The molecular formula is C14H18BrN. The Balaban J connectivity index is 1.82. The Hall–Kier alpha value is -0.340. The molecule has 1 aliphatic carbocycles. The van der Waals surface area contributed by atoms with Crippen molar-refractivity contribution in [1.29, 1.82) is 0 Å². The summed E-state index contributed by atoms with van der Waals surface area (Å²) in [7, 11) is 0. The lowest BCUT2D eigenvalue weighted by Crippen LogP contribution is -2.11. The van der Waals surface area contributed by atoms with Gasteiger partial charge >= 0.3 is 0 Å². The highest BCUT2D eigenvalue weighted by molar-refractivity contribution is 9.10. The molecule has 1 fully saturated rings. The predicted octanol–water partition coefficient (Wildman–Crippen LogP) is 3.09. The number of benzene rings is 1. The molecule has 1 heterocycles. The Morgan fingerprint density at radius 3 is 3.06 bits per heavy atom. The van der Waals surface area contributed by atoms with Crippen molar-refractivity contribution in [3.63, 3.8) is 0 Å². The zero-order valence-corrected chi connectivity index (χ0v) is 11.1. The molecule has 1 atom stereocenters. The van der Waals surface area contributed by atoms with Crippen LogP contribution in [0, 0.1) is 5.92 Å². The highest BCUT2D eigenvalue weighted by Gasteiger charge is 2.18. The van der Waals surface area contributed by atoms with Gasteiger partial charge in [0, 0.05) is 4.47 Å². The zero-order valence-electron chi connectivity index (χ0n) is 9.56. The molecule has 16 heavy (non-hydrogen) atoms. The van der Waals surface area contributed by atoms with Gasteiger partial charge in [0.1, 0.15) is 0 Å². The maximum atomic E-state index is 3.73. The molecule has 0 aromatic heterocycles. The number of fused-ring (bicyclic) bond motifs is 1. The maximum absolute atomic E-state index is 3.73. The van der Waals surface area contributed by atoms with Gasteiger partial charge in [-0.3, -0.25) is 0 Å². The van der Waals surface area contributed by atoms with Crippen molar-refractivity contribution in [3.05, 3.63) is 33.3 Å². The molecule has 2 heteroatoms. The zero-order chi connectivity index (χ0) is 11.0. The number of aryl methyl sites for hydroxylation is 1. The van der Waals surface area contributed by atoms with E-state index in [4.69, 9.17) is 0 Å². The summed E-state index contributed by atoms with van der Waals surface area (Å²) < 4.78 is 1.35. The Morgan fingerprint density at radius 1 is 1.31 bits per heavy atom. The number of halogens is 1. The molecule has 2 aliphatic rings. The lowest BCUT2D eigenvalue weighted by Gasteiger charge is -2.11. The average molecular weight is 280 g/mol. The highest BCUT2D eigenvalue weighted by Crippen LogP contribution is 2.31. The second-order valence-electron chi connectivity index (χ2n) is 5.13. The Labute approximate surface area is 106 Å². The quantitative estimate of drug-likeness (QED) is 0.877. The summed E-state index contributed by atoms with van der Waals surface area (Å²) in [6.45, 7) is 2.41. The van der Waals surface area contributed by atoms with Crippen LogP contribution in [0.5, 0.6) is 0 Å². The van der Waals surface area contributed by atoms with Crippen LogP contribution in [0.15, 0.2) is 16.6 Å². The van der Waals surface area contributed by atoms with Gasteiger partial charge in [-0.1, -0.05) is 22.0 Å². The molecule has 1 aromatic carbocycles. The first-order chi connectivity index (χ1) is 7.83. The van der Waals surface area contributed by atoms with Crippen LogP contribution in [0.4, 0.5) is 0 Å². The third-order valence-corrected chi connectivity index (χ3v) is 4.61. The van der Waals surface area contributed by atoms with Crippen molar-refractivity contribution in [1.82, 2.24) is 5.32 Å². The monoisotopic (exact) mass is 279 g/mol. The van der Waals surface area contributed by atoms with E-state index >= 15 is 0 Å². The molecule has 1 unspecified atom stereocenters. The Kier molecular flexibility index (Phi) is 3.03. The van der Waals surface area contributed by atoms with Crippen molar-refractivity contribution in [2.24, 2.45) is 5.92 Å². The van der Waals surface area contributed by atoms with E-state index in [-0.39, 0.29) is 0 Å². The van der Waals surface area contributed by atoms with Gasteiger partial charge in [-0.2, -0.15) is 0 Å². The van der Waals surface area contributed by atoms with Gasteiger partial charge < -0.3 is 5.32 Å². The number of hydrogen-bond acceptors (Lipinski definition) is 1. The molecule has 86 valence electrons. The van der Waals surface area contributed by atoms with Crippen LogP contribution >= 0.6 is 15.9 Å². The molecule has 1 nitrogen and oxygen atoms in total. The lowest BCUT2D eigenvalue weighted by molar-refractivity contribution is 0.580. The van der Waals surface area contributed by atoms with Gasteiger partial charge in [-0.15, -0.1) is 0 Å². The maximum Gasteiger partial charge on any atom is 0.0212 e. The van der Waals surface area contributed by atoms with E-state index in [0.717, 1.165) is 5.92 Å². The van der Waals surface area contributed by atoms with Crippen molar-refractivity contribution >= 4 is 15.9 Å². The van der Waals surface area contributed by atoms with Crippen LogP contribution in [-0.2, 0) is 19.3 Å². The molecule has 1 aromatic rings. The van der Waals surface area contributed by atoms with Crippen molar-refractivity contribution < 1.29 is 0 Å². The average Bonchev–Trinajstić information content (AvgIpc) is 2.87. The standard InChI is InChI=1S/C14H18BrN/c15-14-8-11(6-10-4-5-16-9-10)7-12-2-1-3-13(12)14/h7-8,10,16H,1-6,9H2. The van der Waals surface area contributed by atoms with Gasteiger partial charge in [0.15, 0.2) is 0 Å². The molecule has 1 aliphatic heterocycles.